The smallest absolute Gasteiger partial charge is 0.253 e. The molecule has 18 heavy (non-hydrogen) atoms. The van der Waals surface area contributed by atoms with Crippen LogP contribution < -0.4 is 5.32 Å². The predicted octanol–water partition coefficient (Wildman–Crippen LogP) is 2.11. The van der Waals surface area contributed by atoms with Crippen molar-refractivity contribution >= 4 is 22.6 Å². The number of rotatable bonds is 2. The molecular formula is C14H14N2O2. The summed E-state index contributed by atoms with van der Waals surface area (Å²) in [6.07, 6.45) is 0. The fourth-order valence-electron chi connectivity index (χ4n) is 1.85. The highest BCUT2D eigenvalue weighted by molar-refractivity contribution is 6.08. The second-order valence-electron chi connectivity index (χ2n) is 4.22. The molecule has 4 heteroatoms. The van der Waals surface area contributed by atoms with Crippen LogP contribution in [-0.4, -0.2) is 23.7 Å². The van der Waals surface area contributed by atoms with Crippen LogP contribution in [0.5, 0.6) is 0 Å². The van der Waals surface area contributed by atoms with Crippen LogP contribution in [0.25, 0.3) is 10.9 Å². The van der Waals surface area contributed by atoms with Gasteiger partial charge >= 0.3 is 0 Å². The first-order valence-electron chi connectivity index (χ1n) is 5.67. The normalized spacial score (nSPS) is 10.4. The van der Waals surface area contributed by atoms with Gasteiger partial charge in [0, 0.05) is 19.4 Å². The second kappa shape index (κ2) is 4.56. The van der Waals surface area contributed by atoms with Crippen molar-refractivity contribution in [1.82, 2.24) is 10.3 Å². The molecule has 0 fully saturated rings. The van der Waals surface area contributed by atoms with E-state index in [9.17, 15) is 9.59 Å². The summed E-state index contributed by atoms with van der Waals surface area (Å²) in [7, 11) is 1.53. The molecule has 0 unspecified atom stereocenters. The van der Waals surface area contributed by atoms with E-state index in [2.05, 4.69) is 10.3 Å². The van der Waals surface area contributed by atoms with Gasteiger partial charge in [-0.2, -0.15) is 0 Å². The van der Waals surface area contributed by atoms with Crippen LogP contribution >= 0.6 is 0 Å². The maximum Gasteiger partial charge on any atom is 0.253 e. The topological polar surface area (TPSA) is 59.1 Å². The number of benzene rings is 1. The molecule has 0 radical (unpaired) electrons. The molecule has 0 aliphatic rings. The highest BCUT2D eigenvalue weighted by Gasteiger charge is 2.16. The van der Waals surface area contributed by atoms with Crippen LogP contribution in [0.15, 0.2) is 24.3 Å². The summed E-state index contributed by atoms with van der Waals surface area (Å²) in [5.41, 5.74) is 2.33. The molecule has 0 bridgehead atoms. The lowest BCUT2D eigenvalue weighted by molar-refractivity contribution is 0.0944. The van der Waals surface area contributed by atoms with Crippen LogP contribution in [-0.2, 0) is 0 Å². The summed E-state index contributed by atoms with van der Waals surface area (Å²) < 4.78 is 0. The van der Waals surface area contributed by atoms with E-state index in [1.165, 1.54) is 14.0 Å². The first kappa shape index (κ1) is 12.2. The van der Waals surface area contributed by atoms with Crippen LogP contribution in [0.4, 0.5) is 0 Å². The molecule has 0 atom stereocenters. The van der Waals surface area contributed by atoms with Crippen molar-refractivity contribution in [3.8, 4) is 0 Å². The predicted molar refractivity (Wildman–Crippen MR) is 69.9 cm³/mol. The minimum absolute atomic E-state index is 0.211. The third kappa shape index (κ3) is 2.09. The monoisotopic (exact) mass is 242 g/mol. The van der Waals surface area contributed by atoms with Gasteiger partial charge < -0.3 is 5.32 Å². The first-order valence-corrected chi connectivity index (χ1v) is 5.67. The van der Waals surface area contributed by atoms with E-state index in [0.29, 0.717) is 5.56 Å². The zero-order valence-corrected chi connectivity index (χ0v) is 10.6. The number of amides is 1. The van der Waals surface area contributed by atoms with Gasteiger partial charge in [0.2, 0.25) is 0 Å². The van der Waals surface area contributed by atoms with Crippen molar-refractivity contribution in [2.45, 2.75) is 13.8 Å². The number of carbonyl (C=O) groups is 2. The average Bonchev–Trinajstić information content (AvgIpc) is 2.36. The molecule has 0 aliphatic carbocycles. The molecule has 2 rings (SSSR count). The molecule has 1 amide bonds. The van der Waals surface area contributed by atoms with Crippen LogP contribution in [0.2, 0.25) is 0 Å². The molecule has 92 valence electrons. The summed E-state index contributed by atoms with van der Waals surface area (Å²) in [4.78, 5) is 27.6. The summed E-state index contributed by atoms with van der Waals surface area (Å²) >= 11 is 0. The van der Waals surface area contributed by atoms with Crippen molar-refractivity contribution < 1.29 is 9.59 Å². The van der Waals surface area contributed by atoms with Crippen LogP contribution in [0.1, 0.15) is 33.3 Å². The fourth-order valence-corrected chi connectivity index (χ4v) is 1.85. The van der Waals surface area contributed by atoms with Gasteiger partial charge in [-0.05, 0) is 24.6 Å². The quantitative estimate of drug-likeness (QED) is 0.820. The molecule has 0 spiro atoms. The Morgan fingerprint density at radius 2 is 1.94 bits per heavy atom. The number of hydrogen-bond donors (Lipinski definition) is 1. The van der Waals surface area contributed by atoms with E-state index >= 15 is 0 Å². The highest BCUT2D eigenvalue weighted by Crippen LogP contribution is 2.18. The van der Waals surface area contributed by atoms with Gasteiger partial charge in [0.25, 0.3) is 5.91 Å². The number of aryl methyl sites for hydroxylation is 1. The summed E-state index contributed by atoms with van der Waals surface area (Å²) in [6.45, 7) is 3.37. The fraction of sp³-hybridized carbons (Fsp3) is 0.214. The van der Waals surface area contributed by atoms with E-state index in [0.717, 1.165) is 16.5 Å². The van der Waals surface area contributed by atoms with Crippen molar-refractivity contribution in [3.05, 3.63) is 41.1 Å². The Balaban J connectivity index is 2.76. The number of nitrogens with one attached hydrogen (secondary N) is 1. The molecule has 1 aromatic carbocycles. The van der Waals surface area contributed by atoms with Gasteiger partial charge in [0.1, 0.15) is 5.69 Å². The lowest BCUT2D eigenvalue weighted by atomic mass is 10.1. The molecule has 0 saturated carbocycles. The van der Waals surface area contributed by atoms with E-state index in [4.69, 9.17) is 0 Å². The van der Waals surface area contributed by atoms with Crippen molar-refractivity contribution in [2.75, 3.05) is 7.05 Å². The Bertz CT molecular complexity index is 648. The first-order chi connectivity index (χ1) is 8.52. The SMILES string of the molecule is CNC(=O)c1cc2ccc(C)cc2nc1C(C)=O. The van der Waals surface area contributed by atoms with Crippen molar-refractivity contribution in [1.29, 1.82) is 0 Å². The van der Waals surface area contributed by atoms with E-state index in [-0.39, 0.29) is 17.4 Å². The van der Waals surface area contributed by atoms with Gasteiger partial charge in [-0.25, -0.2) is 4.98 Å². The number of nitrogens with zero attached hydrogens (tertiary/aromatic N) is 1. The van der Waals surface area contributed by atoms with E-state index in [1.54, 1.807) is 6.07 Å². The Morgan fingerprint density at radius 1 is 1.22 bits per heavy atom. The largest absolute Gasteiger partial charge is 0.355 e. The zero-order chi connectivity index (χ0) is 13.3. The van der Waals surface area contributed by atoms with E-state index < -0.39 is 0 Å². The number of fused-ring (bicyclic) bond motifs is 1. The maximum atomic E-state index is 11.7. The zero-order valence-electron chi connectivity index (χ0n) is 10.6. The summed E-state index contributed by atoms with van der Waals surface area (Å²) in [5, 5.41) is 3.37. The number of pyridine rings is 1. The van der Waals surface area contributed by atoms with Crippen LogP contribution in [0, 0.1) is 6.92 Å². The molecule has 0 saturated heterocycles. The number of ketones is 1. The van der Waals surface area contributed by atoms with E-state index in [1.807, 2.05) is 25.1 Å². The summed E-state index contributed by atoms with van der Waals surface area (Å²) in [5.74, 6) is -0.507. The highest BCUT2D eigenvalue weighted by atomic mass is 16.2. The average molecular weight is 242 g/mol. The number of carbonyl (C=O) groups excluding carboxylic acids is 2. The van der Waals surface area contributed by atoms with Gasteiger partial charge in [0.15, 0.2) is 5.78 Å². The Kier molecular flexibility index (Phi) is 3.10. The number of hydrogen-bond acceptors (Lipinski definition) is 3. The third-order valence-electron chi connectivity index (χ3n) is 2.78. The Labute approximate surface area is 105 Å². The molecule has 1 N–H and O–H groups in total. The minimum Gasteiger partial charge on any atom is -0.355 e. The minimum atomic E-state index is -0.296. The maximum absolute atomic E-state index is 11.7. The van der Waals surface area contributed by atoms with Crippen molar-refractivity contribution in [3.63, 3.8) is 0 Å². The molecule has 1 heterocycles. The number of aromatic nitrogens is 1. The molecule has 1 aromatic heterocycles. The van der Waals surface area contributed by atoms with Crippen LogP contribution in [0.3, 0.4) is 0 Å². The lowest BCUT2D eigenvalue weighted by Gasteiger charge is -2.07. The molecular weight excluding hydrogens is 228 g/mol. The van der Waals surface area contributed by atoms with Gasteiger partial charge in [-0.1, -0.05) is 12.1 Å². The standard InChI is InChI=1S/C14H14N2O2/c1-8-4-5-10-7-11(14(18)15-3)13(9(2)17)16-12(10)6-8/h4-7H,1-3H3,(H,15,18). The van der Waals surface area contributed by atoms with Gasteiger partial charge in [-0.3, -0.25) is 9.59 Å². The lowest BCUT2D eigenvalue weighted by Crippen LogP contribution is -2.21. The Morgan fingerprint density at radius 3 is 2.56 bits per heavy atom. The van der Waals surface area contributed by atoms with Gasteiger partial charge in [-0.15, -0.1) is 0 Å². The van der Waals surface area contributed by atoms with Gasteiger partial charge in [0.05, 0.1) is 11.1 Å². The number of Topliss-reactive ketones (excluding diaryl/α,β-unsaturated/α-hetero) is 1. The second-order valence-corrected chi connectivity index (χ2v) is 4.22. The molecule has 4 nitrogen and oxygen atoms in total. The Hall–Kier alpha value is -2.23. The third-order valence-corrected chi connectivity index (χ3v) is 2.78. The molecule has 2 aromatic rings. The van der Waals surface area contributed by atoms with Crippen molar-refractivity contribution in [2.24, 2.45) is 0 Å². The summed E-state index contributed by atoms with van der Waals surface area (Å²) in [6, 6.07) is 7.45. The molecule has 0 aliphatic heterocycles.